The first kappa shape index (κ1) is 22.2. The molecule has 0 unspecified atom stereocenters. The lowest BCUT2D eigenvalue weighted by Crippen LogP contribution is -2.13. The fourth-order valence-electron chi connectivity index (χ4n) is 3.21. The number of aromatic amines is 1. The van der Waals surface area contributed by atoms with Crippen molar-refractivity contribution in [3.8, 4) is 5.88 Å². The van der Waals surface area contributed by atoms with Crippen molar-refractivity contribution in [1.29, 1.82) is 0 Å². The second kappa shape index (κ2) is 8.52. The van der Waals surface area contributed by atoms with E-state index in [0.29, 0.717) is 15.9 Å². The van der Waals surface area contributed by atoms with Gasteiger partial charge in [-0.3, -0.25) is 14.8 Å². The van der Waals surface area contributed by atoms with Gasteiger partial charge in [-0.2, -0.15) is 0 Å². The smallest absolute Gasteiger partial charge is 0.298 e. The number of benzene rings is 3. The zero-order valence-electron chi connectivity index (χ0n) is 17.0. The van der Waals surface area contributed by atoms with E-state index in [0.717, 1.165) is 11.6 Å². The first-order chi connectivity index (χ1) is 15.7. The normalized spacial score (nSPS) is 11.8. The molecule has 0 radical (unpaired) electrons. The van der Waals surface area contributed by atoms with Crippen LogP contribution >= 0.6 is 11.6 Å². The van der Waals surface area contributed by atoms with Crippen LogP contribution in [0.2, 0.25) is 5.02 Å². The number of aryl methyl sites for hydroxylation is 1. The fourth-order valence-corrected chi connectivity index (χ4v) is 4.47. The summed E-state index contributed by atoms with van der Waals surface area (Å²) >= 11 is 5.87. The van der Waals surface area contributed by atoms with Gasteiger partial charge in [-0.1, -0.05) is 35.9 Å². The van der Waals surface area contributed by atoms with Crippen LogP contribution in [0, 0.1) is 17.0 Å². The maximum absolute atomic E-state index is 12.7. The summed E-state index contributed by atoms with van der Waals surface area (Å²) in [7, 11) is -4.13. The Kier molecular flexibility index (Phi) is 5.75. The Balaban J connectivity index is 1.71. The van der Waals surface area contributed by atoms with Gasteiger partial charge in [0, 0.05) is 16.5 Å². The summed E-state index contributed by atoms with van der Waals surface area (Å²) < 4.78 is 27.7. The number of hydrogen-bond donors (Lipinski definition) is 3. The second-order valence-electron chi connectivity index (χ2n) is 7.04. The molecule has 0 aliphatic carbocycles. The molecule has 4 rings (SSSR count). The van der Waals surface area contributed by atoms with Crippen LogP contribution in [0.3, 0.4) is 0 Å². The third kappa shape index (κ3) is 4.49. The molecule has 3 N–H and O–H groups in total. The van der Waals surface area contributed by atoms with Gasteiger partial charge in [0.25, 0.3) is 15.7 Å². The number of anilines is 1. The second-order valence-corrected chi connectivity index (χ2v) is 9.16. The Labute approximate surface area is 192 Å². The maximum atomic E-state index is 12.7. The minimum atomic E-state index is -4.13. The number of fused-ring (bicyclic) bond motifs is 1. The van der Waals surface area contributed by atoms with Crippen LogP contribution in [0.5, 0.6) is 5.88 Å². The van der Waals surface area contributed by atoms with Crippen molar-refractivity contribution >= 4 is 55.3 Å². The summed E-state index contributed by atoms with van der Waals surface area (Å²) in [6.07, 6.45) is 0. The first-order valence-electron chi connectivity index (χ1n) is 9.44. The molecular formula is C21H16ClN5O5S. The third-order valence-electron chi connectivity index (χ3n) is 4.78. The zero-order valence-corrected chi connectivity index (χ0v) is 18.6. The van der Waals surface area contributed by atoms with Gasteiger partial charge in [-0.25, -0.2) is 8.42 Å². The van der Waals surface area contributed by atoms with Crippen LogP contribution < -0.4 is 4.72 Å². The highest BCUT2D eigenvalue weighted by Gasteiger charge is 2.22. The molecule has 33 heavy (non-hydrogen) atoms. The van der Waals surface area contributed by atoms with Crippen LogP contribution in [0.4, 0.5) is 22.7 Å². The van der Waals surface area contributed by atoms with E-state index < -0.39 is 20.6 Å². The number of H-pyrrole nitrogens is 1. The molecule has 1 heterocycles. The van der Waals surface area contributed by atoms with E-state index in [1.54, 1.807) is 24.3 Å². The minimum absolute atomic E-state index is 0.113. The van der Waals surface area contributed by atoms with Gasteiger partial charge in [0.05, 0.1) is 21.0 Å². The number of nitro groups is 1. The summed E-state index contributed by atoms with van der Waals surface area (Å²) in [6.45, 7) is 1.85. The Morgan fingerprint density at radius 2 is 1.85 bits per heavy atom. The third-order valence-corrected chi connectivity index (χ3v) is 6.40. The van der Waals surface area contributed by atoms with Crippen LogP contribution in [0.25, 0.3) is 10.9 Å². The number of halogens is 1. The topological polar surface area (TPSA) is 150 Å². The molecule has 0 aliphatic heterocycles. The molecule has 0 amide bonds. The molecule has 0 saturated heterocycles. The molecular weight excluding hydrogens is 470 g/mol. The van der Waals surface area contributed by atoms with Gasteiger partial charge < -0.3 is 10.1 Å². The van der Waals surface area contributed by atoms with Crippen molar-refractivity contribution in [1.82, 2.24) is 4.98 Å². The number of aromatic nitrogens is 1. The highest BCUT2D eigenvalue weighted by molar-refractivity contribution is 7.92. The predicted molar refractivity (Wildman–Crippen MR) is 124 cm³/mol. The van der Waals surface area contributed by atoms with E-state index in [1.165, 1.54) is 24.3 Å². The van der Waals surface area contributed by atoms with Crippen LogP contribution in [0.1, 0.15) is 5.56 Å². The number of nitrogens with one attached hydrogen (secondary N) is 2. The average molecular weight is 486 g/mol. The highest BCUT2D eigenvalue weighted by Crippen LogP contribution is 2.39. The van der Waals surface area contributed by atoms with Gasteiger partial charge in [-0.15, -0.1) is 10.2 Å². The Hall–Kier alpha value is -3.96. The average Bonchev–Trinajstić information content (AvgIpc) is 3.08. The van der Waals surface area contributed by atoms with Crippen molar-refractivity contribution in [2.45, 2.75) is 11.8 Å². The number of rotatable bonds is 6. The number of sulfonamides is 1. The molecule has 0 atom stereocenters. The number of nitro benzene ring substituents is 1. The lowest BCUT2D eigenvalue weighted by atomic mass is 10.1. The largest absolute Gasteiger partial charge is 0.493 e. The number of para-hydroxylation sites is 1. The summed E-state index contributed by atoms with van der Waals surface area (Å²) in [5.74, 6) is -0.240. The molecule has 0 aliphatic rings. The Bertz CT molecular complexity index is 1530. The van der Waals surface area contributed by atoms with E-state index in [4.69, 9.17) is 11.6 Å². The zero-order chi connectivity index (χ0) is 23.8. The molecule has 0 bridgehead atoms. The minimum Gasteiger partial charge on any atom is -0.493 e. The summed E-state index contributed by atoms with van der Waals surface area (Å²) in [4.78, 5) is 13.3. The van der Waals surface area contributed by atoms with Gasteiger partial charge in [0.2, 0.25) is 5.88 Å². The number of azo groups is 1. The SMILES string of the molecule is Cc1cccc2c(N=Nc3ccc(S(=O)(=O)Nc4cccc(Cl)c4)cc3[N+](=O)[O-])c(O)[nH]c12. The van der Waals surface area contributed by atoms with Crippen molar-refractivity contribution in [3.63, 3.8) is 0 Å². The van der Waals surface area contributed by atoms with Gasteiger partial charge in [-0.05, 0) is 42.8 Å². The molecule has 1 aromatic heterocycles. The van der Waals surface area contributed by atoms with E-state index >= 15 is 0 Å². The van der Waals surface area contributed by atoms with E-state index in [9.17, 15) is 23.6 Å². The Morgan fingerprint density at radius 1 is 1.09 bits per heavy atom. The molecule has 12 heteroatoms. The lowest BCUT2D eigenvalue weighted by molar-refractivity contribution is -0.384. The molecule has 168 valence electrons. The molecule has 0 saturated carbocycles. The van der Waals surface area contributed by atoms with Crippen molar-refractivity contribution < 1.29 is 18.4 Å². The maximum Gasteiger partial charge on any atom is 0.298 e. The standard InChI is InChI=1S/C21H16ClN5O5S/c1-12-4-2-7-16-19(12)23-21(28)20(16)25-24-17-9-8-15(11-18(17)27(29)30)33(31,32)26-14-6-3-5-13(22)10-14/h2-11,23,26,28H,1H3. The molecule has 3 aromatic carbocycles. The molecule has 10 nitrogen and oxygen atoms in total. The van der Waals surface area contributed by atoms with E-state index in [-0.39, 0.29) is 27.8 Å². The highest BCUT2D eigenvalue weighted by atomic mass is 35.5. The van der Waals surface area contributed by atoms with Crippen LogP contribution in [-0.2, 0) is 10.0 Å². The summed E-state index contributed by atoms with van der Waals surface area (Å²) in [5.41, 5.74) is 1.11. The van der Waals surface area contributed by atoms with Crippen molar-refractivity contribution in [2.24, 2.45) is 10.2 Å². The monoisotopic (exact) mass is 485 g/mol. The van der Waals surface area contributed by atoms with Gasteiger partial charge in [0.15, 0.2) is 11.4 Å². The van der Waals surface area contributed by atoms with Crippen LogP contribution in [-0.4, -0.2) is 23.4 Å². The molecule has 0 fully saturated rings. The van der Waals surface area contributed by atoms with Crippen LogP contribution in [0.15, 0.2) is 75.8 Å². The van der Waals surface area contributed by atoms with Crippen molar-refractivity contribution in [2.75, 3.05) is 4.72 Å². The lowest BCUT2D eigenvalue weighted by Gasteiger charge is -2.08. The Morgan fingerprint density at radius 3 is 2.58 bits per heavy atom. The molecule has 4 aromatic rings. The molecule has 0 spiro atoms. The first-order valence-corrected chi connectivity index (χ1v) is 11.3. The summed E-state index contributed by atoms with van der Waals surface area (Å²) in [6, 6.07) is 14.6. The summed E-state index contributed by atoms with van der Waals surface area (Å²) in [5, 5.41) is 30.6. The van der Waals surface area contributed by atoms with E-state index in [1.807, 2.05) is 13.0 Å². The van der Waals surface area contributed by atoms with Gasteiger partial charge >= 0.3 is 0 Å². The van der Waals surface area contributed by atoms with Gasteiger partial charge in [0.1, 0.15) is 0 Å². The number of nitrogens with zero attached hydrogens (tertiary/aromatic N) is 3. The fraction of sp³-hybridized carbons (Fsp3) is 0.0476. The quantitative estimate of drug-likeness (QED) is 0.175. The number of hydrogen-bond acceptors (Lipinski definition) is 7. The number of aromatic hydroxyl groups is 1. The predicted octanol–water partition coefficient (Wildman–Crippen LogP) is 5.96. The van der Waals surface area contributed by atoms with Crippen molar-refractivity contribution in [3.05, 3.63) is 81.4 Å². The van der Waals surface area contributed by atoms with E-state index in [2.05, 4.69) is 19.9 Å².